The lowest BCUT2D eigenvalue weighted by molar-refractivity contribution is -0.900. The van der Waals surface area contributed by atoms with Gasteiger partial charge < -0.3 is 9.45 Å². The minimum absolute atomic E-state index is 0.0268. The predicted molar refractivity (Wildman–Crippen MR) is 84.6 cm³/mol. The number of nitrogens with one attached hydrogen (secondary N) is 2. The summed E-state index contributed by atoms with van der Waals surface area (Å²) in [5.74, 6) is 0.119. The number of rotatable bonds is 6. The molecule has 0 aromatic carbocycles. The molecule has 0 aliphatic carbocycles. The van der Waals surface area contributed by atoms with Crippen LogP contribution in [0.3, 0.4) is 0 Å². The molecule has 2 rings (SSSR count). The van der Waals surface area contributed by atoms with Crippen LogP contribution in [0.2, 0.25) is 5.02 Å². The van der Waals surface area contributed by atoms with E-state index >= 15 is 0 Å². The molecule has 11 heteroatoms. The number of quaternary nitrogens is 1. The number of aromatic nitrogens is 1. The molecule has 1 aromatic rings. The van der Waals surface area contributed by atoms with Crippen LogP contribution in [-0.4, -0.2) is 51.4 Å². The second-order valence-electron chi connectivity index (χ2n) is 6.04. The highest BCUT2D eigenvalue weighted by Gasteiger charge is 2.34. The molecular formula is C14H20ClF3N3O3S+. The number of pyridine rings is 1. The van der Waals surface area contributed by atoms with Crippen molar-refractivity contribution in [2.45, 2.75) is 19.0 Å². The van der Waals surface area contributed by atoms with Crippen LogP contribution in [0.5, 0.6) is 0 Å². The number of aromatic amines is 1. The summed E-state index contributed by atoms with van der Waals surface area (Å²) in [5.41, 5.74) is -0.821. The van der Waals surface area contributed by atoms with E-state index in [4.69, 9.17) is 11.6 Å². The average Bonchev–Trinajstić information content (AvgIpc) is 2.50. The van der Waals surface area contributed by atoms with Gasteiger partial charge in [0.1, 0.15) is 37.4 Å². The third-order valence-electron chi connectivity index (χ3n) is 4.16. The van der Waals surface area contributed by atoms with Crippen molar-refractivity contribution in [3.63, 3.8) is 0 Å². The Bertz CT molecular complexity index is 692. The van der Waals surface area contributed by atoms with Gasteiger partial charge >= 0.3 is 6.18 Å². The first-order valence-electron chi connectivity index (χ1n) is 7.87. The molecule has 1 aliphatic rings. The number of piperazine rings is 1. The topological polar surface area (TPSA) is 79.0 Å². The summed E-state index contributed by atoms with van der Waals surface area (Å²) in [7, 11) is -4.16. The van der Waals surface area contributed by atoms with Gasteiger partial charge in [0.2, 0.25) is 0 Å². The second-order valence-corrected chi connectivity index (χ2v) is 7.97. The Morgan fingerprint density at radius 2 is 1.92 bits per heavy atom. The normalized spacial score (nSPS) is 17.1. The molecule has 0 atom stereocenters. The van der Waals surface area contributed by atoms with E-state index in [0.717, 1.165) is 31.9 Å². The zero-order valence-corrected chi connectivity index (χ0v) is 15.0. The zero-order valence-electron chi connectivity index (χ0n) is 13.4. The Hall–Kier alpha value is -1.10. The Labute approximate surface area is 149 Å². The summed E-state index contributed by atoms with van der Waals surface area (Å²) in [6.45, 7) is 3.52. The number of hydrogen-bond acceptors (Lipinski definition) is 4. The fourth-order valence-corrected chi connectivity index (χ4v) is 3.67. The molecule has 6 nitrogen and oxygen atoms in total. The second kappa shape index (κ2) is 8.07. The average molecular weight is 403 g/mol. The molecule has 0 radical (unpaired) electrons. The number of hydrogen-bond donors (Lipinski definition) is 1. The first-order valence-corrected chi connectivity index (χ1v) is 9.82. The van der Waals surface area contributed by atoms with E-state index in [9.17, 15) is 26.1 Å². The predicted octanol–water partition coefficient (Wildman–Crippen LogP) is 0.203. The van der Waals surface area contributed by atoms with Crippen molar-refractivity contribution in [3.8, 4) is 0 Å². The highest BCUT2D eigenvalue weighted by Crippen LogP contribution is 2.31. The standard InChI is InChI=1S/C14H19ClF3N3O3S/c15-12-9-11(14(16,17)18)10-19-13(12)21-6-4-20(5-7-21)3-1-2-8-25(22,23)24/h9-10H,1-8H2,(H,22,23,24)/p+1. The Kier molecular flexibility index (Phi) is 6.52. The van der Waals surface area contributed by atoms with Crippen molar-refractivity contribution < 1.29 is 36.0 Å². The quantitative estimate of drug-likeness (QED) is 0.544. The minimum atomic E-state index is -4.45. The minimum Gasteiger partial charge on any atom is -0.748 e. The maximum absolute atomic E-state index is 12.7. The van der Waals surface area contributed by atoms with E-state index in [1.165, 1.54) is 4.90 Å². The maximum atomic E-state index is 12.7. The number of nitrogens with zero attached hydrogens (tertiary/aromatic N) is 1. The number of alkyl halides is 3. The van der Waals surface area contributed by atoms with Gasteiger partial charge in [0.25, 0.3) is 5.82 Å². The van der Waals surface area contributed by atoms with E-state index in [1.807, 2.05) is 4.90 Å². The molecule has 1 aromatic heterocycles. The number of anilines is 1. The van der Waals surface area contributed by atoms with Gasteiger partial charge in [-0.15, -0.1) is 0 Å². The van der Waals surface area contributed by atoms with Crippen molar-refractivity contribution in [2.75, 3.05) is 43.4 Å². The molecule has 0 spiro atoms. The molecular weight excluding hydrogens is 383 g/mol. The summed E-state index contributed by atoms with van der Waals surface area (Å²) in [6, 6.07) is 0.913. The fraction of sp³-hybridized carbons (Fsp3) is 0.643. The zero-order chi connectivity index (χ0) is 18.7. The lowest BCUT2D eigenvalue weighted by Gasteiger charge is -2.28. The molecule has 25 heavy (non-hydrogen) atoms. The molecule has 1 saturated heterocycles. The van der Waals surface area contributed by atoms with E-state index < -0.39 is 21.9 Å². The smallest absolute Gasteiger partial charge is 0.419 e. The SMILES string of the molecule is O=S(=O)([O-])CCCC[NH+]1CCN(c2[nH+]cc(C(F)(F)F)cc2Cl)CC1. The van der Waals surface area contributed by atoms with Crippen LogP contribution in [0.15, 0.2) is 12.3 Å². The van der Waals surface area contributed by atoms with Crippen LogP contribution in [0.1, 0.15) is 18.4 Å². The highest BCUT2D eigenvalue weighted by molar-refractivity contribution is 7.85. The highest BCUT2D eigenvalue weighted by atomic mass is 35.5. The number of halogens is 4. The van der Waals surface area contributed by atoms with Crippen molar-refractivity contribution in [1.29, 1.82) is 0 Å². The van der Waals surface area contributed by atoms with Gasteiger partial charge in [-0.1, -0.05) is 11.6 Å². The van der Waals surface area contributed by atoms with Gasteiger partial charge in [0.15, 0.2) is 0 Å². The molecule has 2 heterocycles. The van der Waals surface area contributed by atoms with Crippen LogP contribution in [0, 0.1) is 0 Å². The van der Waals surface area contributed by atoms with Crippen LogP contribution < -0.4 is 14.8 Å². The van der Waals surface area contributed by atoms with Crippen LogP contribution >= 0.6 is 11.6 Å². The Balaban J connectivity index is 1.84. The Morgan fingerprint density at radius 3 is 2.44 bits per heavy atom. The van der Waals surface area contributed by atoms with E-state index in [2.05, 4.69) is 4.98 Å². The summed E-state index contributed by atoms with van der Waals surface area (Å²) < 4.78 is 69.6. The molecule has 142 valence electrons. The summed E-state index contributed by atoms with van der Waals surface area (Å²) in [4.78, 5) is 5.79. The molecule has 0 saturated carbocycles. The van der Waals surface area contributed by atoms with Crippen molar-refractivity contribution >= 4 is 27.5 Å². The number of H-pyrrole nitrogens is 1. The molecule has 2 N–H and O–H groups in total. The third kappa shape index (κ3) is 6.28. The molecule has 1 fully saturated rings. The van der Waals surface area contributed by atoms with E-state index in [1.54, 1.807) is 0 Å². The van der Waals surface area contributed by atoms with Crippen molar-refractivity contribution in [1.82, 2.24) is 0 Å². The van der Waals surface area contributed by atoms with Crippen molar-refractivity contribution in [2.24, 2.45) is 0 Å². The lowest BCUT2D eigenvalue weighted by Crippen LogP contribution is -3.14. The van der Waals surface area contributed by atoms with Gasteiger partial charge in [-0.3, -0.25) is 0 Å². The van der Waals surface area contributed by atoms with Crippen LogP contribution in [0.4, 0.5) is 19.0 Å². The van der Waals surface area contributed by atoms with Gasteiger partial charge in [-0.2, -0.15) is 13.2 Å². The van der Waals surface area contributed by atoms with Gasteiger partial charge in [-0.25, -0.2) is 18.3 Å². The fourth-order valence-electron chi connectivity index (χ4n) is 2.82. The third-order valence-corrected chi connectivity index (χ3v) is 5.24. The van der Waals surface area contributed by atoms with Crippen LogP contribution in [0.25, 0.3) is 0 Å². The molecule has 0 unspecified atom stereocenters. The van der Waals surface area contributed by atoms with Crippen molar-refractivity contribution in [3.05, 3.63) is 22.8 Å². The van der Waals surface area contributed by atoms with Gasteiger partial charge in [0, 0.05) is 5.75 Å². The van der Waals surface area contributed by atoms with E-state index in [0.29, 0.717) is 31.7 Å². The van der Waals surface area contributed by atoms with Gasteiger partial charge in [-0.05, 0) is 18.9 Å². The molecule has 0 bridgehead atoms. The first-order chi connectivity index (χ1) is 11.6. The summed E-state index contributed by atoms with van der Waals surface area (Å²) in [5, 5.41) is 0.0268. The summed E-state index contributed by atoms with van der Waals surface area (Å²) >= 11 is 5.98. The molecule has 0 amide bonds. The maximum Gasteiger partial charge on any atom is 0.419 e. The van der Waals surface area contributed by atoms with Crippen LogP contribution in [-0.2, 0) is 16.3 Å². The number of unbranched alkanes of at least 4 members (excludes halogenated alkanes) is 1. The lowest BCUT2D eigenvalue weighted by atomic mass is 10.2. The van der Waals surface area contributed by atoms with E-state index in [-0.39, 0.29) is 10.8 Å². The largest absolute Gasteiger partial charge is 0.748 e. The summed E-state index contributed by atoms with van der Waals surface area (Å²) in [6.07, 6.45) is -2.55. The van der Waals surface area contributed by atoms with Gasteiger partial charge in [0.05, 0.1) is 22.2 Å². The molecule has 1 aliphatic heterocycles. The Morgan fingerprint density at radius 1 is 1.28 bits per heavy atom. The monoisotopic (exact) mass is 402 g/mol. The first kappa shape index (κ1) is 20.2.